The summed E-state index contributed by atoms with van der Waals surface area (Å²) in [5.74, 6) is 0. The van der Waals surface area contributed by atoms with E-state index in [4.69, 9.17) is 0 Å². The molecular formula is C14H32N2. The third-order valence-electron chi connectivity index (χ3n) is 3.05. The smallest absolute Gasteiger partial charge is 0.00355 e. The van der Waals surface area contributed by atoms with Crippen molar-refractivity contribution in [1.82, 2.24) is 10.2 Å². The molecule has 0 rings (SSSR count). The van der Waals surface area contributed by atoms with E-state index in [-0.39, 0.29) is 0 Å². The summed E-state index contributed by atoms with van der Waals surface area (Å²) in [7, 11) is 2.21. The normalized spacial score (nSPS) is 12.8. The van der Waals surface area contributed by atoms with Crippen molar-refractivity contribution in [2.24, 2.45) is 5.41 Å². The fourth-order valence-electron chi connectivity index (χ4n) is 1.46. The van der Waals surface area contributed by atoms with Gasteiger partial charge in [0.25, 0.3) is 0 Å². The van der Waals surface area contributed by atoms with Crippen molar-refractivity contribution >= 4 is 0 Å². The van der Waals surface area contributed by atoms with Crippen LogP contribution in [-0.2, 0) is 0 Å². The monoisotopic (exact) mass is 228 g/mol. The lowest BCUT2D eigenvalue weighted by molar-refractivity contribution is 0.267. The first-order valence-electron chi connectivity index (χ1n) is 6.74. The number of unbranched alkanes of at least 4 members (excludes halogenated alkanes) is 1. The molecule has 0 unspecified atom stereocenters. The van der Waals surface area contributed by atoms with Gasteiger partial charge in [-0.3, -0.25) is 0 Å². The second-order valence-electron chi connectivity index (χ2n) is 6.34. The lowest BCUT2D eigenvalue weighted by atomic mass is 9.92. The molecule has 1 N–H and O–H groups in total. The molecule has 16 heavy (non-hydrogen) atoms. The molecule has 2 heteroatoms. The first kappa shape index (κ1) is 15.9. The predicted molar refractivity (Wildman–Crippen MR) is 73.9 cm³/mol. The van der Waals surface area contributed by atoms with Crippen molar-refractivity contribution in [3.8, 4) is 0 Å². The molecule has 0 aromatic heterocycles. The van der Waals surface area contributed by atoms with Crippen LogP contribution in [0.15, 0.2) is 0 Å². The lowest BCUT2D eigenvalue weighted by Gasteiger charge is -2.21. The van der Waals surface area contributed by atoms with Gasteiger partial charge in [0.05, 0.1) is 0 Å². The zero-order chi connectivity index (χ0) is 12.6. The van der Waals surface area contributed by atoms with E-state index in [2.05, 4.69) is 51.9 Å². The van der Waals surface area contributed by atoms with E-state index in [9.17, 15) is 0 Å². The summed E-state index contributed by atoms with van der Waals surface area (Å²) >= 11 is 0. The van der Waals surface area contributed by atoms with Gasteiger partial charge in [0, 0.05) is 6.04 Å². The summed E-state index contributed by atoms with van der Waals surface area (Å²) in [5, 5.41) is 3.53. The highest BCUT2D eigenvalue weighted by Gasteiger charge is 2.08. The van der Waals surface area contributed by atoms with E-state index in [1.165, 1.54) is 32.4 Å². The van der Waals surface area contributed by atoms with Gasteiger partial charge in [-0.05, 0) is 65.2 Å². The molecule has 0 amide bonds. The molecule has 0 fully saturated rings. The second kappa shape index (κ2) is 8.08. The molecule has 0 aliphatic carbocycles. The van der Waals surface area contributed by atoms with Crippen LogP contribution in [0.2, 0.25) is 0 Å². The van der Waals surface area contributed by atoms with Gasteiger partial charge in [0.1, 0.15) is 0 Å². The second-order valence-corrected chi connectivity index (χ2v) is 6.34. The minimum atomic E-state index is 0.463. The molecule has 0 saturated carbocycles. The van der Waals surface area contributed by atoms with E-state index < -0.39 is 0 Å². The van der Waals surface area contributed by atoms with Gasteiger partial charge in [-0.2, -0.15) is 0 Å². The molecule has 0 saturated heterocycles. The summed E-state index contributed by atoms with van der Waals surface area (Å²) in [6.07, 6.45) is 3.86. The van der Waals surface area contributed by atoms with Crippen molar-refractivity contribution in [2.45, 2.75) is 59.9 Å². The highest BCUT2D eigenvalue weighted by atomic mass is 15.1. The Labute approximate surface area is 103 Å². The molecule has 0 aromatic carbocycles. The third-order valence-corrected chi connectivity index (χ3v) is 3.05. The van der Waals surface area contributed by atoms with Crippen molar-refractivity contribution in [3.63, 3.8) is 0 Å². The van der Waals surface area contributed by atoms with Crippen LogP contribution in [-0.4, -0.2) is 37.6 Å². The summed E-state index contributed by atoms with van der Waals surface area (Å²) < 4.78 is 0. The molecule has 0 aliphatic heterocycles. The summed E-state index contributed by atoms with van der Waals surface area (Å²) in [6, 6.07) is 0.675. The molecule has 0 spiro atoms. The van der Waals surface area contributed by atoms with Crippen molar-refractivity contribution < 1.29 is 0 Å². The van der Waals surface area contributed by atoms with E-state index in [1.54, 1.807) is 0 Å². The largest absolute Gasteiger partial charge is 0.317 e. The average molecular weight is 228 g/mol. The molecule has 0 bridgehead atoms. The molecule has 2 nitrogen and oxygen atoms in total. The van der Waals surface area contributed by atoms with Crippen LogP contribution < -0.4 is 5.32 Å². The Balaban J connectivity index is 3.22. The zero-order valence-electron chi connectivity index (χ0n) is 12.3. The number of rotatable bonds is 8. The maximum absolute atomic E-state index is 3.53. The van der Waals surface area contributed by atoms with Gasteiger partial charge in [0.15, 0.2) is 0 Å². The standard InChI is InChI=1S/C14H32N2/c1-13(2)16(6)12-8-7-10-15-11-9-14(3,4)5/h13,15H,7-12H2,1-6H3. The fraction of sp³-hybridized carbons (Fsp3) is 1.00. The highest BCUT2D eigenvalue weighted by Crippen LogP contribution is 2.16. The topological polar surface area (TPSA) is 15.3 Å². The SMILES string of the molecule is CC(C)N(C)CCCCNCCC(C)(C)C. The van der Waals surface area contributed by atoms with Gasteiger partial charge < -0.3 is 10.2 Å². The van der Waals surface area contributed by atoms with Crippen LogP contribution in [0.4, 0.5) is 0 Å². The molecule has 0 atom stereocenters. The minimum absolute atomic E-state index is 0.463. The Hall–Kier alpha value is -0.0800. The van der Waals surface area contributed by atoms with Crippen molar-refractivity contribution in [1.29, 1.82) is 0 Å². The van der Waals surface area contributed by atoms with Crippen LogP contribution in [0.5, 0.6) is 0 Å². The molecule has 0 aliphatic rings. The van der Waals surface area contributed by atoms with Gasteiger partial charge in [-0.25, -0.2) is 0 Å². The molecule has 98 valence electrons. The summed E-state index contributed by atoms with van der Waals surface area (Å²) in [5.41, 5.74) is 0.463. The number of nitrogens with zero attached hydrogens (tertiary/aromatic N) is 1. The lowest BCUT2D eigenvalue weighted by Crippen LogP contribution is -2.28. The Kier molecular flexibility index (Phi) is 8.04. The van der Waals surface area contributed by atoms with E-state index in [0.29, 0.717) is 11.5 Å². The highest BCUT2D eigenvalue weighted by molar-refractivity contribution is 4.63. The maximum Gasteiger partial charge on any atom is 0.00355 e. The molecule has 0 aromatic rings. The van der Waals surface area contributed by atoms with Gasteiger partial charge in [-0.1, -0.05) is 20.8 Å². The van der Waals surface area contributed by atoms with E-state index in [1.807, 2.05) is 0 Å². The van der Waals surface area contributed by atoms with Crippen LogP contribution in [0.3, 0.4) is 0 Å². The molecule has 0 heterocycles. The van der Waals surface area contributed by atoms with E-state index in [0.717, 1.165) is 6.54 Å². The van der Waals surface area contributed by atoms with Gasteiger partial charge in [0.2, 0.25) is 0 Å². The zero-order valence-corrected chi connectivity index (χ0v) is 12.3. The Bertz CT molecular complexity index is 159. The molecule has 0 radical (unpaired) electrons. The Morgan fingerprint density at radius 1 is 1.06 bits per heavy atom. The first-order valence-corrected chi connectivity index (χ1v) is 6.74. The van der Waals surface area contributed by atoms with Crippen LogP contribution in [0, 0.1) is 5.41 Å². The van der Waals surface area contributed by atoms with Crippen LogP contribution in [0.1, 0.15) is 53.9 Å². The Morgan fingerprint density at radius 2 is 1.69 bits per heavy atom. The van der Waals surface area contributed by atoms with E-state index >= 15 is 0 Å². The predicted octanol–water partition coefficient (Wildman–Crippen LogP) is 3.13. The van der Waals surface area contributed by atoms with Crippen LogP contribution >= 0.6 is 0 Å². The van der Waals surface area contributed by atoms with Crippen LogP contribution in [0.25, 0.3) is 0 Å². The Morgan fingerprint density at radius 3 is 2.19 bits per heavy atom. The van der Waals surface area contributed by atoms with Gasteiger partial charge in [-0.15, -0.1) is 0 Å². The number of nitrogens with one attached hydrogen (secondary N) is 1. The van der Waals surface area contributed by atoms with Crippen molar-refractivity contribution in [3.05, 3.63) is 0 Å². The number of hydrogen-bond acceptors (Lipinski definition) is 2. The maximum atomic E-state index is 3.53. The number of hydrogen-bond donors (Lipinski definition) is 1. The minimum Gasteiger partial charge on any atom is -0.317 e. The third kappa shape index (κ3) is 10.4. The first-order chi connectivity index (χ1) is 7.33. The molecular weight excluding hydrogens is 196 g/mol. The fourth-order valence-corrected chi connectivity index (χ4v) is 1.46. The average Bonchev–Trinajstić information content (AvgIpc) is 2.14. The summed E-state index contributed by atoms with van der Waals surface area (Å²) in [4.78, 5) is 2.41. The van der Waals surface area contributed by atoms with Gasteiger partial charge >= 0.3 is 0 Å². The van der Waals surface area contributed by atoms with Crippen molar-refractivity contribution in [2.75, 3.05) is 26.7 Å². The summed E-state index contributed by atoms with van der Waals surface area (Å²) in [6.45, 7) is 14.9. The quantitative estimate of drug-likeness (QED) is 0.642.